The number of carbonyl (C=O) groups is 2. The van der Waals surface area contributed by atoms with Gasteiger partial charge in [0.1, 0.15) is 6.61 Å². The molecule has 0 radical (unpaired) electrons. The fraction of sp³-hybridized carbons (Fsp3) is 0.486. The number of ether oxygens (including phenoxy) is 3. The van der Waals surface area contributed by atoms with Crippen LogP contribution < -0.4 is 9.47 Å². The van der Waals surface area contributed by atoms with Crippen LogP contribution in [0.2, 0.25) is 5.02 Å². The number of benzene rings is 2. The molecule has 2 aliphatic carbocycles. The number of halogens is 1. The lowest BCUT2D eigenvalue weighted by Gasteiger charge is -2.49. The SMILES string of the molecule is COCCN1C2=C(C(=O)CC(C)(C)C2)C(c2cc(Cl)c(OCc3ccc(C)cc3)c(OC)c2)C2=C1CC(C)(C)CC2=O. The molecule has 1 aliphatic heterocycles. The molecule has 0 spiro atoms. The summed E-state index contributed by atoms with van der Waals surface area (Å²) in [5.74, 6) is 0.554. The van der Waals surface area contributed by atoms with Gasteiger partial charge in [-0.25, -0.2) is 0 Å². The standard InChI is InChI=1S/C35H42ClNO5/c1-21-8-10-22(11-9-21)20-42-33-24(36)14-23(15-29(33)41-7)30-31-25(16-34(2,3)18-27(31)38)37(12-13-40-6)26-17-35(4,5)19-28(39)32(26)30/h8-11,14-15,30H,12-13,16-20H2,1-7H3. The molecule has 42 heavy (non-hydrogen) atoms. The predicted molar refractivity (Wildman–Crippen MR) is 165 cm³/mol. The van der Waals surface area contributed by atoms with E-state index in [0.29, 0.717) is 60.3 Å². The van der Waals surface area contributed by atoms with Gasteiger partial charge in [-0.3, -0.25) is 9.59 Å². The molecule has 0 N–H and O–H groups in total. The minimum absolute atomic E-state index is 0.0765. The third-order valence-corrected chi connectivity index (χ3v) is 8.91. The van der Waals surface area contributed by atoms with E-state index in [1.165, 1.54) is 5.56 Å². The van der Waals surface area contributed by atoms with Crippen molar-refractivity contribution in [2.24, 2.45) is 10.8 Å². The zero-order valence-electron chi connectivity index (χ0n) is 25.9. The maximum atomic E-state index is 14.0. The first-order valence-corrected chi connectivity index (χ1v) is 15.1. The Morgan fingerprint density at radius 1 is 0.881 bits per heavy atom. The molecule has 2 aromatic rings. The molecule has 6 nitrogen and oxygen atoms in total. The number of Topliss-reactive ketones (excluding diaryl/α,β-unsaturated/α-hetero) is 2. The largest absolute Gasteiger partial charge is 0.493 e. The molecule has 224 valence electrons. The third-order valence-electron chi connectivity index (χ3n) is 8.63. The molecule has 1 heterocycles. The number of allylic oxidation sites excluding steroid dienone is 4. The molecule has 5 rings (SSSR count). The lowest BCUT2D eigenvalue weighted by molar-refractivity contribution is -0.119. The highest BCUT2D eigenvalue weighted by Gasteiger charge is 2.49. The van der Waals surface area contributed by atoms with E-state index in [0.717, 1.165) is 35.4 Å². The van der Waals surface area contributed by atoms with Crippen molar-refractivity contribution < 1.29 is 23.8 Å². The smallest absolute Gasteiger partial charge is 0.180 e. The maximum Gasteiger partial charge on any atom is 0.180 e. The summed E-state index contributed by atoms with van der Waals surface area (Å²) < 4.78 is 17.4. The van der Waals surface area contributed by atoms with Crippen molar-refractivity contribution in [3.05, 3.63) is 80.7 Å². The highest BCUT2D eigenvalue weighted by atomic mass is 35.5. The summed E-state index contributed by atoms with van der Waals surface area (Å²) in [6.45, 7) is 12.0. The van der Waals surface area contributed by atoms with Crippen molar-refractivity contribution in [3.8, 4) is 11.5 Å². The molecule has 0 amide bonds. The Hall–Kier alpha value is -3.09. The molecular weight excluding hydrogens is 550 g/mol. The molecule has 0 aromatic heterocycles. The van der Waals surface area contributed by atoms with E-state index in [2.05, 4.69) is 32.6 Å². The Kier molecular flexibility index (Phi) is 8.34. The Bertz CT molecular complexity index is 1410. The van der Waals surface area contributed by atoms with Gasteiger partial charge in [-0.1, -0.05) is 69.1 Å². The number of hydrogen-bond acceptors (Lipinski definition) is 6. The van der Waals surface area contributed by atoms with Gasteiger partial charge in [0.05, 0.1) is 18.7 Å². The van der Waals surface area contributed by atoms with Crippen molar-refractivity contribution in [2.45, 2.75) is 72.8 Å². The summed E-state index contributed by atoms with van der Waals surface area (Å²) in [5, 5.41) is 0.384. The van der Waals surface area contributed by atoms with E-state index in [1.54, 1.807) is 14.2 Å². The van der Waals surface area contributed by atoms with Crippen LogP contribution in [-0.2, 0) is 20.9 Å². The van der Waals surface area contributed by atoms with Crippen LogP contribution in [0.1, 0.15) is 76.0 Å². The predicted octanol–water partition coefficient (Wildman–Crippen LogP) is 7.57. The molecule has 0 unspecified atom stereocenters. The van der Waals surface area contributed by atoms with Gasteiger partial charge in [0.15, 0.2) is 23.1 Å². The van der Waals surface area contributed by atoms with E-state index >= 15 is 0 Å². The minimum Gasteiger partial charge on any atom is -0.493 e. The molecule has 7 heteroatoms. The quantitative estimate of drug-likeness (QED) is 0.315. The Balaban J connectivity index is 1.65. The summed E-state index contributed by atoms with van der Waals surface area (Å²) >= 11 is 6.90. The Morgan fingerprint density at radius 3 is 1.98 bits per heavy atom. The second-order valence-electron chi connectivity index (χ2n) is 13.5. The van der Waals surface area contributed by atoms with Crippen molar-refractivity contribution in [1.82, 2.24) is 4.90 Å². The first-order chi connectivity index (χ1) is 19.8. The fourth-order valence-electron chi connectivity index (χ4n) is 6.72. The first-order valence-electron chi connectivity index (χ1n) is 14.7. The van der Waals surface area contributed by atoms with Gasteiger partial charge in [0.25, 0.3) is 0 Å². The highest BCUT2D eigenvalue weighted by molar-refractivity contribution is 6.32. The number of ketones is 2. The fourth-order valence-corrected chi connectivity index (χ4v) is 6.99. The monoisotopic (exact) mass is 591 g/mol. The summed E-state index contributed by atoms with van der Waals surface area (Å²) in [6.07, 6.45) is 2.32. The second-order valence-corrected chi connectivity index (χ2v) is 13.9. The van der Waals surface area contributed by atoms with E-state index in [4.69, 9.17) is 25.8 Å². The summed E-state index contributed by atoms with van der Waals surface area (Å²) in [4.78, 5) is 30.2. The average molecular weight is 592 g/mol. The van der Waals surface area contributed by atoms with E-state index in [1.807, 2.05) is 43.3 Å². The summed E-state index contributed by atoms with van der Waals surface area (Å²) in [6, 6.07) is 11.9. The molecular formula is C35H42ClNO5. The van der Waals surface area contributed by atoms with E-state index in [9.17, 15) is 9.59 Å². The number of nitrogens with zero attached hydrogens (tertiary/aromatic N) is 1. The van der Waals surface area contributed by atoms with E-state index < -0.39 is 5.92 Å². The van der Waals surface area contributed by atoms with Gasteiger partial charge in [0, 0.05) is 55.0 Å². The van der Waals surface area contributed by atoms with Crippen LogP contribution in [-0.4, -0.2) is 43.8 Å². The topological polar surface area (TPSA) is 65.1 Å². The Labute approximate surface area is 254 Å². The van der Waals surface area contributed by atoms with Crippen LogP contribution in [0.4, 0.5) is 0 Å². The summed E-state index contributed by atoms with van der Waals surface area (Å²) in [7, 11) is 3.26. The zero-order chi connectivity index (χ0) is 30.4. The van der Waals surface area contributed by atoms with Gasteiger partial charge in [-0.05, 0) is 53.9 Å². The minimum atomic E-state index is -0.515. The summed E-state index contributed by atoms with van der Waals surface area (Å²) in [5.41, 5.74) is 5.97. The number of carbonyl (C=O) groups excluding carboxylic acids is 2. The average Bonchev–Trinajstić information content (AvgIpc) is 2.90. The normalized spacial score (nSPS) is 20.0. The number of rotatable bonds is 8. The van der Waals surface area contributed by atoms with Gasteiger partial charge >= 0.3 is 0 Å². The molecule has 0 bridgehead atoms. The van der Waals surface area contributed by atoms with Crippen LogP contribution in [0.25, 0.3) is 0 Å². The van der Waals surface area contributed by atoms with Gasteiger partial charge in [-0.15, -0.1) is 0 Å². The van der Waals surface area contributed by atoms with Gasteiger partial charge < -0.3 is 19.1 Å². The molecule has 0 atom stereocenters. The van der Waals surface area contributed by atoms with Crippen LogP contribution in [0.5, 0.6) is 11.5 Å². The second kappa shape index (κ2) is 11.5. The van der Waals surface area contributed by atoms with Gasteiger partial charge in [-0.2, -0.15) is 0 Å². The van der Waals surface area contributed by atoms with Crippen LogP contribution in [0, 0.1) is 17.8 Å². The van der Waals surface area contributed by atoms with Crippen molar-refractivity contribution in [1.29, 1.82) is 0 Å². The van der Waals surface area contributed by atoms with Crippen LogP contribution in [0.3, 0.4) is 0 Å². The third kappa shape index (κ3) is 5.89. The van der Waals surface area contributed by atoms with Crippen LogP contribution >= 0.6 is 11.6 Å². The number of hydrogen-bond donors (Lipinski definition) is 0. The van der Waals surface area contributed by atoms with Crippen molar-refractivity contribution in [3.63, 3.8) is 0 Å². The van der Waals surface area contributed by atoms with Crippen LogP contribution in [0.15, 0.2) is 58.9 Å². The molecule has 0 saturated carbocycles. The lowest BCUT2D eigenvalue weighted by atomic mass is 9.63. The van der Waals surface area contributed by atoms with Crippen molar-refractivity contribution >= 4 is 23.2 Å². The molecule has 3 aliphatic rings. The van der Waals surface area contributed by atoms with Crippen molar-refractivity contribution in [2.75, 3.05) is 27.4 Å². The Morgan fingerprint density at radius 2 is 1.45 bits per heavy atom. The highest BCUT2D eigenvalue weighted by Crippen LogP contribution is 2.55. The van der Waals surface area contributed by atoms with Gasteiger partial charge in [0.2, 0.25) is 0 Å². The maximum absolute atomic E-state index is 14.0. The zero-order valence-corrected chi connectivity index (χ0v) is 26.6. The molecule has 2 aromatic carbocycles. The molecule has 0 fully saturated rings. The number of methoxy groups -OCH3 is 2. The van der Waals surface area contributed by atoms with E-state index in [-0.39, 0.29) is 22.4 Å². The number of aryl methyl sites for hydroxylation is 1. The molecule has 0 saturated heterocycles. The first kappa shape index (κ1) is 30.4. The lowest BCUT2D eigenvalue weighted by Crippen LogP contribution is -2.45.